The summed E-state index contributed by atoms with van der Waals surface area (Å²) in [6.07, 6.45) is 0. The van der Waals surface area contributed by atoms with E-state index in [4.69, 9.17) is 9.84 Å². The van der Waals surface area contributed by atoms with Crippen molar-refractivity contribution in [3.8, 4) is 17.7 Å². The maximum absolute atomic E-state index is 8.36. The van der Waals surface area contributed by atoms with E-state index >= 15 is 0 Å². The third-order valence-corrected chi connectivity index (χ3v) is 1.63. The lowest BCUT2D eigenvalue weighted by atomic mass is 10.5. The first-order valence-corrected chi connectivity index (χ1v) is 4.44. The highest BCUT2D eigenvalue weighted by molar-refractivity contribution is 9.10. The van der Waals surface area contributed by atoms with Gasteiger partial charge in [-0.1, -0.05) is 17.9 Å². The largest absolute Gasteiger partial charge is 0.464 e. The molecule has 0 atom stereocenters. The second-order valence-corrected chi connectivity index (χ2v) is 2.91. The van der Waals surface area contributed by atoms with Crippen molar-refractivity contribution < 1.29 is 9.84 Å². The van der Waals surface area contributed by atoms with Gasteiger partial charge < -0.3 is 9.84 Å². The Morgan fingerprint density at radius 2 is 2.31 bits per heavy atom. The van der Waals surface area contributed by atoms with Gasteiger partial charge in [-0.15, -0.1) is 0 Å². The van der Waals surface area contributed by atoms with Gasteiger partial charge in [-0.3, -0.25) is 0 Å². The van der Waals surface area contributed by atoms with Crippen LogP contribution in [0.2, 0.25) is 0 Å². The van der Waals surface area contributed by atoms with Crippen LogP contribution in [0, 0.1) is 11.8 Å². The summed E-state index contributed by atoms with van der Waals surface area (Å²) in [5.74, 6) is 5.62. The summed E-state index contributed by atoms with van der Waals surface area (Å²) in [6, 6.07) is 5.38. The minimum absolute atomic E-state index is 0.144. The zero-order valence-electron chi connectivity index (χ0n) is 6.83. The Kier molecular flexibility index (Phi) is 4.30. The summed E-state index contributed by atoms with van der Waals surface area (Å²) in [7, 11) is 0. The average molecular weight is 242 g/mol. The molecular weight excluding hydrogens is 234 g/mol. The Hall–Kier alpha value is -1.05. The summed E-state index contributed by atoms with van der Waals surface area (Å²) in [4.78, 5) is 4.03. The van der Waals surface area contributed by atoms with Gasteiger partial charge >= 0.3 is 0 Å². The molecule has 0 saturated heterocycles. The fourth-order valence-electron chi connectivity index (χ4n) is 0.687. The van der Waals surface area contributed by atoms with E-state index in [1.165, 1.54) is 0 Å². The van der Waals surface area contributed by atoms with E-state index in [1.54, 1.807) is 6.07 Å². The highest BCUT2D eigenvalue weighted by Gasteiger charge is 1.93. The van der Waals surface area contributed by atoms with Crippen molar-refractivity contribution in [2.75, 3.05) is 13.2 Å². The molecule has 0 amide bonds. The van der Waals surface area contributed by atoms with Crippen LogP contribution in [0.1, 0.15) is 0 Å². The molecule has 3 nitrogen and oxygen atoms in total. The molecule has 0 saturated carbocycles. The van der Waals surface area contributed by atoms with Crippen molar-refractivity contribution >= 4 is 15.9 Å². The second kappa shape index (κ2) is 5.57. The van der Waals surface area contributed by atoms with E-state index in [0.29, 0.717) is 5.88 Å². The summed E-state index contributed by atoms with van der Waals surface area (Å²) < 4.78 is 5.89. The predicted octanol–water partition coefficient (Wildman–Crippen LogP) is 1.22. The lowest BCUT2D eigenvalue weighted by molar-refractivity contribution is 0.344. The zero-order valence-corrected chi connectivity index (χ0v) is 8.41. The normalized spacial score (nSPS) is 8.77. The molecule has 68 valence electrons. The number of hydrogen-bond donors (Lipinski definition) is 1. The third kappa shape index (κ3) is 3.92. The van der Waals surface area contributed by atoms with Crippen LogP contribution in [0.3, 0.4) is 0 Å². The molecule has 0 aliphatic heterocycles. The average Bonchev–Trinajstić information content (AvgIpc) is 2.13. The van der Waals surface area contributed by atoms with Gasteiger partial charge in [0, 0.05) is 6.07 Å². The van der Waals surface area contributed by atoms with E-state index in [-0.39, 0.29) is 13.2 Å². The first-order valence-electron chi connectivity index (χ1n) is 3.65. The Morgan fingerprint density at radius 3 is 3.00 bits per heavy atom. The van der Waals surface area contributed by atoms with Crippen molar-refractivity contribution in [3.05, 3.63) is 22.8 Å². The molecule has 1 N–H and O–H groups in total. The summed E-state index contributed by atoms with van der Waals surface area (Å²) in [5, 5.41) is 8.36. The number of aromatic nitrogens is 1. The number of hydrogen-bond acceptors (Lipinski definition) is 3. The molecule has 4 heteroatoms. The van der Waals surface area contributed by atoms with Crippen LogP contribution in [0.5, 0.6) is 5.88 Å². The smallest absolute Gasteiger partial charge is 0.215 e. The first kappa shape index (κ1) is 10.0. The predicted molar refractivity (Wildman–Crippen MR) is 52.3 cm³/mol. The Labute approximate surface area is 84.9 Å². The van der Waals surface area contributed by atoms with Crippen LogP contribution in [-0.2, 0) is 0 Å². The van der Waals surface area contributed by atoms with Gasteiger partial charge in [0.05, 0.1) is 0 Å². The van der Waals surface area contributed by atoms with E-state index in [0.717, 1.165) is 4.60 Å². The summed E-state index contributed by atoms with van der Waals surface area (Å²) in [5.41, 5.74) is 0. The van der Waals surface area contributed by atoms with Gasteiger partial charge in [-0.2, -0.15) is 0 Å². The van der Waals surface area contributed by atoms with Crippen LogP contribution >= 0.6 is 15.9 Å². The number of rotatable bonds is 2. The van der Waals surface area contributed by atoms with Crippen molar-refractivity contribution in [2.24, 2.45) is 0 Å². The van der Waals surface area contributed by atoms with E-state index < -0.39 is 0 Å². The fraction of sp³-hybridized carbons (Fsp3) is 0.222. The first-order chi connectivity index (χ1) is 6.33. The molecule has 13 heavy (non-hydrogen) atoms. The second-order valence-electron chi connectivity index (χ2n) is 2.10. The Bertz CT molecular complexity index is 330. The summed E-state index contributed by atoms with van der Waals surface area (Å²) >= 11 is 3.22. The molecule has 1 heterocycles. The molecule has 0 spiro atoms. The minimum atomic E-state index is -0.144. The van der Waals surface area contributed by atoms with Crippen molar-refractivity contribution in [1.82, 2.24) is 4.98 Å². The molecule has 0 aliphatic rings. The molecular formula is C9H8BrNO2. The quantitative estimate of drug-likeness (QED) is 0.626. The van der Waals surface area contributed by atoms with Crippen LogP contribution in [0.4, 0.5) is 0 Å². The molecule has 0 fully saturated rings. The number of pyridine rings is 1. The molecule has 0 aromatic carbocycles. The van der Waals surface area contributed by atoms with E-state index in [2.05, 4.69) is 32.8 Å². The Balaban J connectivity index is 2.45. The lowest BCUT2D eigenvalue weighted by Gasteiger charge is -1.99. The van der Waals surface area contributed by atoms with Gasteiger partial charge in [-0.05, 0) is 22.0 Å². The maximum atomic E-state index is 8.36. The van der Waals surface area contributed by atoms with Crippen molar-refractivity contribution in [1.29, 1.82) is 0 Å². The highest BCUT2D eigenvalue weighted by Crippen LogP contribution is 2.11. The molecule has 0 bridgehead atoms. The molecule has 1 aromatic rings. The molecule has 0 unspecified atom stereocenters. The number of nitrogens with zero attached hydrogens (tertiary/aromatic N) is 1. The van der Waals surface area contributed by atoms with Crippen molar-refractivity contribution in [2.45, 2.75) is 0 Å². The van der Waals surface area contributed by atoms with Crippen LogP contribution < -0.4 is 4.74 Å². The highest BCUT2D eigenvalue weighted by atomic mass is 79.9. The molecule has 1 aromatic heterocycles. The van der Waals surface area contributed by atoms with Gasteiger partial charge in [-0.25, -0.2) is 4.98 Å². The number of aliphatic hydroxyl groups is 1. The van der Waals surface area contributed by atoms with Crippen molar-refractivity contribution in [3.63, 3.8) is 0 Å². The monoisotopic (exact) mass is 241 g/mol. The topological polar surface area (TPSA) is 42.4 Å². The molecule has 0 aliphatic carbocycles. The SMILES string of the molecule is OCC#CCOc1cccc(Br)n1. The van der Waals surface area contributed by atoms with Crippen LogP contribution in [0.25, 0.3) is 0 Å². The number of halogens is 1. The number of aliphatic hydroxyl groups excluding tert-OH is 1. The van der Waals surface area contributed by atoms with Gasteiger partial charge in [0.15, 0.2) is 6.61 Å². The van der Waals surface area contributed by atoms with Gasteiger partial charge in [0.1, 0.15) is 11.2 Å². The maximum Gasteiger partial charge on any atom is 0.215 e. The van der Waals surface area contributed by atoms with Gasteiger partial charge in [0.2, 0.25) is 5.88 Å². The molecule has 1 rings (SSSR count). The third-order valence-electron chi connectivity index (χ3n) is 1.19. The van der Waals surface area contributed by atoms with Gasteiger partial charge in [0.25, 0.3) is 0 Å². The fourth-order valence-corrected chi connectivity index (χ4v) is 1.01. The lowest BCUT2D eigenvalue weighted by Crippen LogP contribution is -1.96. The van der Waals surface area contributed by atoms with Crippen LogP contribution in [0.15, 0.2) is 22.8 Å². The Morgan fingerprint density at radius 1 is 1.46 bits per heavy atom. The minimum Gasteiger partial charge on any atom is -0.464 e. The summed E-state index contributed by atoms with van der Waals surface area (Å²) in [6.45, 7) is 0.0965. The van der Waals surface area contributed by atoms with E-state index in [1.807, 2.05) is 12.1 Å². The van der Waals surface area contributed by atoms with Crippen LogP contribution in [-0.4, -0.2) is 23.3 Å². The molecule has 0 radical (unpaired) electrons. The standard InChI is InChI=1S/C9H8BrNO2/c10-8-4-3-5-9(11-8)13-7-2-1-6-12/h3-5,12H,6-7H2. The number of ether oxygens (including phenoxy) is 1. The van der Waals surface area contributed by atoms with E-state index in [9.17, 15) is 0 Å². The zero-order chi connectivity index (χ0) is 9.52.